The van der Waals surface area contributed by atoms with Crippen molar-refractivity contribution in [3.63, 3.8) is 0 Å². The first-order chi connectivity index (χ1) is 6.04. The minimum Gasteiger partial charge on any atom is -0.367 e. The van der Waals surface area contributed by atoms with E-state index in [2.05, 4.69) is 5.32 Å². The number of nitrogens with one attached hydrogen (secondary N) is 1. The van der Waals surface area contributed by atoms with Crippen LogP contribution in [0.4, 0.5) is 13.2 Å². The van der Waals surface area contributed by atoms with Crippen molar-refractivity contribution in [1.29, 1.82) is 0 Å². The summed E-state index contributed by atoms with van der Waals surface area (Å²) in [7, 11) is 0. The molecule has 1 heterocycles. The molecule has 0 bridgehead atoms. The summed E-state index contributed by atoms with van der Waals surface area (Å²) in [5.74, 6) is 0. The second kappa shape index (κ2) is 4.28. The van der Waals surface area contributed by atoms with Gasteiger partial charge in [-0.05, 0) is 12.8 Å². The predicted molar refractivity (Wildman–Crippen MR) is 42.5 cm³/mol. The smallest absolute Gasteiger partial charge is 0.367 e. The van der Waals surface area contributed by atoms with Gasteiger partial charge in [0.05, 0.1) is 0 Å². The molecule has 0 aromatic rings. The molecule has 1 saturated heterocycles. The molecule has 1 fully saturated rings. The molecule has 0 aromatic heterocycles. The van der Waals surface area contributed by atoms with Crippen molar-refractivity contribution in [3.8, 4) is 0 Å². The molecule has 0 amide bonds. The predicted octanol–water partition coefficient (Wildman–Crippen LogP) is 1.71. The first-order valence-electron chi connectivity index (χ1n) is 4.45. The summed E-state index contributed by atoms with van der Waals surface area (Å²) in [5, 5.41) is 2.84. The summed E-state index contributed by atoms with van der Waals surface area (Å²) in [6, 6.07) is 0.160. The molecule has 2 nitrogen and oxygen atoms in total. The van der Waals surface area contributed by atoms with Crippen molar-refractivity contribution in [2.24, 2.45) is 0 Å². The maximum Gasteiger partial charge on any atom is 0.415 e. The molecule has 13 heavy (non-hydrogen) atoms. The van der Waals surface area contributed by atoms with E-state index in [1.807, 2.05) is 6.92 Å². The van der Waals surface area contributed by atoms with Crippen molar-refractivity contribution in [2.75, 3.05) is 13.2 Å². The summed E-state index contributed by atoms with van der Waals surface area (Å²) >= 11 is 0. The van der Waals surface area contributed by atoms with Gasteiger partial charge in [0.15, 0.2) is 6.10 Å². The van der Waals surface area contributed by atoms with Gasteiger partial charge in [0, 0.05) is 19.2 Å². The summed E-state index contributed by atoms with van der Waals surface area (Å²) in [6.07, 6.45) is -4.38. The van der Waals surface area contributed by atoms with Gasteiger partial charge in [-0.1, -0.05) is 6.92 Å². The number of hydrogen-bond donors (Lipinski definition) is 1. The molecule has 0 spiro atoms. The van der Waals surface area contributed by atoms with Crippen molar-refractivity contribution in [2.45, 2.75) is 38.1 Å². The first kappa shape index (κ1) is 10.8. The number of hydrogen-bond acceptors (Lipinski definition) is 2. The summed E-state index contributed by atoms with van der Waals surface area (Å²) in [6.45, 7) is 2.02. The molecule has 0 saturated carbocycles. The quantitative estimate of drug-likeness (QED) is 0.690. The standard InChI is InChI=1S/C8H14F3NO/c1-2-6-3-4-13-7(5-12-6)8(9,10)11/h6-7,12H,2-5H2,1H3. The lowest BCUT2D eigenvalue weighted by molar-refractivity contribution is -0.215. The minimum absolute atomic E-state index is 0.123. The van der Waals surface area contributed by atoms with Gasteiger partial charge in [0.1, 0.15) is 0 Å². The van der Waals surface area contributed by atoms with Crippen LogP contribution in [0.1, 0.15) is 19.8 Å². The van der Waals surface area contributed by atoms with Gasteiger partial charge in [-0.15, -0.1) is 0 Å². The fraction of sp³-hybridized carbons (Fsp3) is 1.00. The monoisotopic (exact) mass is 197 g/mol. The van der Waals surface area contributed by atoms with E-state index in [0.717, 1.165) is 6.42 Å². The van der Waals surface area contributed by atoms with Crippen molar-refractivity contribution < 1.29 is 17.9 Å². The highest BCUT2D eigenvalue weighted by molar-refractivity contribution is 4.77. The Hall–Kier alpha value is -0.290. The maximum atomic E-state index is 12.2. The zero-order chi connectivity index (χ0) is 9.90. The first-order valence-corrected chi connectivity index (χ1v) is 4.45. The zero-order valence-corrected chi connectivity index (χ0v) is 7.53. The molecule has 2 unspecified atom stereocenters. The molecule has 0 aliphatic carbocycles. The summed E-state index contributed by atoms with van der Waals surface area (Å²) in [4.78, 5) is 0. The van der Waals surface area contributed by atoms with E-state index in [9.17, 15) is 13.2 Å². The molecule has 0 aromatic carbocycles. The van der Waals surface area contributed by atoms with Gasteiger partial charge in [-0.2, -0.15) is 13.2 Å². The van der Waals surface area contributed by atoms with Crippen LogP contribution in [0.25, 0.3) is 0 Å². The molecule has 1 N–H and O–H groups in total. The van der Waals surface area contributed by atoms with Crippen molar-refractivity contribution in [1.82, 2.24) is 5.32 Å². The largest absolute Gasteiger partial charge is 0.415 e. The SMILES string of the molecule is CCC1CCOC(C(F)(F)F)CN1. The zero-order valence-electron chi connectivity index (χ0n) is 7.53. The van der Waals surface area contributed by atoms with Gasteiger partial charge in [0.2, 0.25) is 0 Å². The molecular weight excluding hydrogens is 183 g/mol. The van der Waals surface area contributed by atoms with E-state index in [-0.39, 0.29) is 19.2 Å². The number of ether oxygens (including phenoxy) is 1. The van der Waals surface area contributed by atoms with Crippen LogP contribution in [-0.4, -0.2) is 31.5 Å². The van der Waals surface area contributed by atoms with Gasteiger partial charge in [0.25, 0.3) is 0 Å². The third-order valence-corrected chi connectivity index (χ3v) is 2.24. The van der Waals surface area contributed by atoms with Crippen LogP contribution in [0.2, 0.25) is 0 Å². The van der Waals surface area contributed by atoms with Gasteiger partial charge in [-0.25, -0.2) is 0 Å². The molecular formula is C8H14F3NO. The highest BCUT2D eigenvalue weighted by Gasteiger charge is 2.41. The van der Waals surface area contributed by atoms with E-state index in [1.165, 1.54) is 0 Å². The van der Waals surface area contributed by atoms with E-state index < -0.39 is 12.3 Å². The topological polar surface area (TPSA) is 21.3 Å². The van der Waals surface area contributed by atoms with E-state index in [1.54, 1.807) is 0 Å². The maximum absolute atomic E-state index is 12.2. The summed E-state index contributed by atoms with van der Waals surface area (Å²) in [5.41, 5.74) is 0. The Bertz CT molecular complexity index is 160. The average Bonchev–Trinajstić information content (AvgIpc) is 2.26. The summed E-state index contributed by atoms with van der Waals surface area (Å²) < 4.78 is 41.3. The van der Waals surface area contributed by atoms with Crippen LogP contribution in [0.15, 0.2) is 0 Å². The molecule has 78 valence electrons. The van der Waals surface area contributed by atoms with Crippen molar-refractivity contribution >= 4 is 0 Å². The molecule has 1 aliphatic heterocycles. The Kier molecular flexibility index (Phi) is 3.55. The molecule has 1 rings (SSSR count). The third-order valence-electron chi connectivity index (χ3n) is 2.24. The number of halogens is 3. The van der Waals surface area contributed by atoms with Crippen LogP contribution in [-0.2, 0) is 4.74 Å². The fourth-order valence-corrected chi connectivity index (χ4v) is 1.35. The number of rotatable bonds is 1. The van der Waals surface area contributed by atoms with Crippen LogP contribution in [0, 0.1) is 0 Å². The van der Waals surface area contributed by atoms with Crippen LogP contribution in [0.5, 0.6) is 0 Å². The van der Waals surface area contributed by atoms with E-state index in [4.69, 9.17) is 4.74 Å². The van der Waals surface area contributed by atoms with Crippen LogP contribution >= 0.6 is 0 Å². The Labute approximate surface area is 75.4 Å². The highest BCUT2D eigenvalue weighted by Crippen LogP contribution is 2.24. The fourth-order valence-electron chi connectivity index (χ4n) is 1.35. The highest BCUT2D eigenvalue weighted by atomic mass is 19.4. The minimum atomic E-state index is -4.24. The molecule has 2 atom stereocenters. The Morgan fingerprint density at radius 2 is 2.15 bits per heavy atom. The van der Waals surface area contributed by atoms with Gasteiger partial charge < -0.3 is 10.1 Å². The molecule has 1 aliphatic rings. The average molecular weight is 197 g/mol. The lowest BCUT2D eigenvalue weighted by Gasteiger charge is -2.18. The Balaban J connectivity index is 2.45. The van der Waals surface area contributed by atoms with E-state index >= 15 is 0 Å². The molecule has 0 radical (unpaired) electrons. The lowest BCUT2D eigenvalue weighted by atomic mass is 10.2. The van der Waals surface area contributed by atoms with Crippen molar-refractivity contribution in [3.05, 3.63) is 0 Å². The second-order valence-electron chi connectivity index (χ2n) is 3.20. The second-order valence-corrected chi connectivity index (χ2v) is 3.20. The van der Waals surface area contributed by atoms with E-state index in [0.29, 0.717) is 6.42 Å². The Morgan fingerprint density at radius 1 is 1.46 bits per heavy atom. The normalized spacial score (nSPS) is 31.4. The Morgan fingerprint density at radius 3 is 2.69 bits per heavy atom. The third kappa shape index (κ3) is 3.15. The van der Waals surface area contributed by atoms with Gasteiger partial charge in [-0.3, -0.25) is 0 Å². The van der Waals surface area contributed by atoms with Crippen LogP contribution < -0.4 is 5.32 Å². The lowest BCUT2D eigenvalue weighted by Crippen LogP contribution is -2.40. The van der Waals surface area contributed by atoms with Crippen LogP contribution in [0.3, 0.4) is 0 Å². The number of alkyl halides is 3. The van der Waals surface area contributed by atoms with Gasteiger partial charge >= 0.3 is 6.18 Å². The molecule has 5 heteroatoms.